The molecule has 4 aromatic rings. The molecule has 0 fully saturated rings. The van der Waals surface area contributed by atoms with Crippen molar-refractivity contribution in [1.29, 1.82) is 0 Å². The Bertz CT molecular complexity index is 1280. The summed E-state index contributed by atoms with van der Waals surface area (Å²) in [6.07, 6.45) is 5.51. The van der Waals surface area contributed by atoms with Gasteiger partial charge in [0.1, 0.15) is 11.4 Å². The number of nitrogens with zero attached hydrogens (tertiary/aromatic N) is 2. The first-order chi connectivity index (χ1) is 12.4. The highest BCUT2D eigenvalue weighted by molar-refractivity contribution is 5.97. The number of aryl methyl sites for hydroxylation is 1. The van der Waals surface area contributed by atoms with Crippen LogP contribution in [-0.4, -0.2) is 15.2 Å². The molecule has 0 aliphatic heterocycles. The highest BCUT2D eigenvalue weighted by Crippen LogP contribution is 2.26. The van der Waals surface area contributed by atoms with E-state index in [1.807, 2.05) is 61.9 Å². The number of fused-ring (bicyclic) bond motifs is 3. The van der Waals surface area contributed by atoms with E-state index in [4.69, 9.17) is 16.1 Å². The van der Waals surface area contributed by atoms with Gasteiger partial charge in [0.25, 0.3) is 0 Å². The zero-order valence-electron chi connectivity index (χ0n) is 14.9. The molecule has 0 bridgehead atoms. The third-order valence-corrected chi connectivity index (χ3v) is 4.56. The van der Waals surface area contributed by atoms with Gasteiger partial charge in [-0.25, -0.2) is 4.98 Å². The molecule has 2 aromatic carbocycles. The predicted molar refractivity (Wildman–Crippen MR) is 106 cm³/mol. The van der Waals surface area contributed by atoms with Crippen molar-refractivity contribution in [3.05, 3.63) is 58.8 Å². The molecule has 26 heavy (non-hydrogen) atoms. The lowest BCUT2D eigenvalue weighted by Gasteiger charge is -2.21. The van der Waals surface area contributed by atoms with Gasteiger partial charge >= 0.3 is 0 Å². The van der Waals surface area contributed by atoms with Crippen LogP contribution >= 0.6 is 0 Å². The van der Waals surface area contributed by atoms with Gasteiger partial charge in [-0.05, 0) is 38.1 Å². The monoisotopic (exact) mass is 342 g/mol. The van der Waals surface area contributed by atoms with Gasteiger partial charge in [0.2, 0.25) is 0 Å². The molecule has 4 nitrogen and oxygen atoms in total. The maximum atomic E-state index is 13.0. The van der Waals surface area contributed by atoms with Gasteiger partial charge in [-0.2, -0.15) is 0 Å². The van der Waals surface area contributed by atoms with Crippen molar-refractivity contribution in [3.63, 3.8) is 0 Å². The molecular formula is C22H18N2O2. The maximum Gasteiger partial charge on any atom is 0.198 e. The number of para-hydroxylation sites is 1. The fourth-order valence-corrected chi connectivity index (χ4v) is 3.16. The summed E-state index contributed by atoms with van der Waals surface area (Å²) >= 11 is 0. The van der Waals surface area contributed by atoms with E-state index in [0.29, 0.717) is 22.2 Å². The summed E-state index contributed by atoms with van der Waals surface area (Å²) in [7, 11) is 1.90. The fourth-order valence-electron chi connectivity index (χ4n) is 3.16. The first kappa shape index (κ1) is 16.2. The van der Waals surface area contributed by atoms with E-state index in [1.54, 1.807) is 12.1 Å². The Balaban J connectivity index is 2.04. The molecule has 2 aromatic heterocycles. The molecule has 0 N–H and O–H groups in total. The summed E-state index contributed by atoms with van der Waals surface area (Å²) in [6, 6.07) is 15.1. The number of aromatic nitrogens is 2. The third-order valence-electron chi connectivity index (χ3n) is 4.56. The van der Waals surface area contributed by atoms with Gasteiger partial charge in [-0.1, -0.05) is 24.1 Å². The summed E-state index contributed by atoms with van der Waals surface area (Å²) < 4.78 is 7.79. The van der Waals surface area contributed by atoms with E-state index in [1.165, 1.54) is 0 Å². The Kier molecular flexibility index (Phi) is 3.48. The second-order valence-electron chi connectivity index (χ2n) is 6.88. The number of terminal acetylenes is 1. The van der Waals surface area contributed by atoms with Crippen molar-refractivity contribution in [2.45, 2.75) is 19.4 Å². The largest absolute Gasteiger partial charge is 0.475 e. The Labute approximate surface area is 151 Å². The van der Waals surface area contributed by atoms with Crippen LogP contribution in [0, 0.1) is 12.3 Å². The molecule has 0 aliphatic carbocycles. The van der Waals surface area contributed by atoms with Crippen molar-refractivity contribution < 1.29 is 4.74 Å². The summed E-state index contributed by atoms with van der Waals surface area (Å²) in [5.74, 6) is 3.23. The molecule has 0 atom stereocenters. The van der Waals surface area contributed by atoms with Gasteiger partial charge in [-0.3, -0.25) is 4.79 Å². The Morgan fingerprint density at radius 3 is 2.65 bits per heavy atom. The first-order valence-electron chi connectivity index (χ1n) is 8.39. The molecule has 0 spiro atoms. The van der Waals surface area contributed by atoms with Crippen LogP contribution in [-0.2, 0) is 7.05 Å². The zero-order valence-corrected chi connectivity index (χ0v) is 14.9. The summed E-state index contributed by atoms with van der Waals surface area (Å²) in [4.78, 5) is 17.7. The van der Waals surface area contributed by atoms with Crippen LogP contribution < -0.4 is 10.2 Å². The Morgan fingerprint density at radius 2 is 1.88 bits per heavy atom. The van der Waals surface area contributed by atoms with Crippen LogP contribution in [0.3, 0.4) is 0 Å². The van der Waals surface area contributed by atoms with Crippen LogP contribution in [0.2, 0.25) is 0 Å². The number of hydrogen-bond acceptors (Lipinski definition) is 3. The topological polar surface area (TPSA) is 44.1 Å². The van der Waals surface area contributed by atoms with E-state index >= 15 is 0 Å². The molecule has 2 heterocycles. The van der Waals surface area contributed by atoms with Gasteiger partial charge < -0.3 is 9.30 Å². The van der Waals surface area contributed by atoms with Gasteiger partial charge in [0, 0.05) is 23.9 Å². The third kappa shape index (κ3) is 2.49. The minimum absolute atomic E-state index is 0.0332. The molecule has 0 unspecified atom stereocenters. The summed E-state index contributed by atoms with van der Waals surface area (Å²) in [5.41, 5.74) is 1.51. The minimum Gasteiger partial charge on any atom is -0.475 e. The highest BCUT2D eigenvalue weighted by atomic mass is 16.5. The van der Waals surface area contributed by atoms with Crippen LogP contribution in [0.1, 0.15) is 13.8 Å². The van der Waals surface area contributed by atoms with E-state index in [0.717, 1.165) is 16.4 Å². The Morgan fingerprint density at radius 1 is 1.12 bits per heavy atom. The van der Waals surface area contributed by atoms with Crippen LogP contribution in [0.15, 0.2) is 53.3 Å². The van der Waals surface area contributed by atoms with E-state index < -0.39 is 5.60 Å². The average molecular weight is 342 g/mol. The number of benzene rings is 2. The molecular weight excluding hydrogens is 324 g/mol. The SMILES string of the molecule is C#CC(C)(C)Oc1ccc2c(=O)c3cc4ccccc4nc3n(C)c2c1. The second-order valence-corrected chi connectivity index (χ2v) is 6.88. The molecule has 0 saturated heterocycles. The predicted octanol–water partition coefficient (Wildman–Crippen LogP) is 4.03. The van der Waals surface area contributed by atoms with E-state index in [2.05, 4.69) is 5.92 Å². The summed E-state index contributed by atoms with van der Waals surface area (Å²) in [6.45, 7) is 3.65. The molecule has 0 saturated carbocycles. The van der Waals surface area contributed by atoms with Gasteiger partial charge in [0.05, 0.1) is 16.4 Å². The molecule has 0 amide bonds. The molecule has 0 radical (unpaired) electrons. The number of rotatable bonds is 2. The zero-order chi connectivity index (χ0) is 18.5. The van der Waals surface area contributed by atoms with E-state index in [-0.39, 0.29) is 5.43 Å². The molecule has 4 heteroatoms. The van der Waals surface area contributed by atoms with Crippen molar-refractivity contribution in [2.75, 3.05) is 0 Å². The van der Waals surface area contributed by atoms with Crippen LogP contribution in [0.5, 0.6) is 5.75 Å². The lowest BCUT2D eigenvalue weighted by Crippen LogP contribution is -2.25. The lowest BCUT2D eigenvalue weighted by molar-refractivity contribution is 0.173. The standard InChI is InChI=1S/C22H18N2O2/c1-5-22(2,3)26-15-10-11-16-19(13-15)24(4)21-17(20(16)25)12-14-8-6-7-9-18(14)23-21/h1,6-13H,2-4H3. The van der Waals surface area contributed by atoms with Gasteiger partial charge in [-0.15, -0.1) is 6.42 Å². The average Bonchev–Trinajstić information content (AvgIpc) is 2.64. The maximum absolute atomic E-state index is 13.0. The normalized spacial score (nSPS) is 11.8. The Hall–Kier alpha value is -3.32. The fraction of sp³-hybridized carbons (Fsp3) is 0.182. The summed E-state index contributed by atoms with van der Waals surface area (Å²) in [5, 5.41) is 2.19. The van der Waals surface area contributed by atoms with Crippen molar-refractivity contribution in [1.82, 2.24) is 9.55 Å². The van der Waals surface area contributed by atoms with Crippen molar-refractivity contribution in [3.8, 4) is 18.1 Å². The van der Waals surface area contributed by atoms with E-state index in [9.17, 15) is 4.79 Å². The first-order valence-corrected chi connectivity index (χ1v) is 8.39. The number of ether oxygens (including phenoxy) is 1. The quantitative estimate of drug-likeness (QED) is 0.408. The van der Waals surface area contributed by atoms with Crippen molar-refractivity contribution >= 4 is 32.8 Å². The molecule has 0 aliphatic rings. The highest BCUT2D eigenvalue weighted by Gasteiger charge is 2.17. The number of hydrogen-bond donors (Lipinski definition) is 0. The van der Waals surface area contributed by atoms with Gasteiger partial charge in [0.15, 0.2) is 11.0 Å². The molecule has 128 valence electrons. The second kappa shape index (κ2) is 5.60. The minimum atomic E-state index is -0.724. The van der Waals surface area contributed by atoms with Crippen molar-refractivity contribution in [2.24, 2.45) is 7.05 Å². The van der Waals surface area contributed by atoms with Crippen LogP contribution in [0.25, 0.3) is 32.8 Å². The smallest absolute Gasteiger partial charge is 0.198 e. The van der Waals surface area contributed by atoms with Crippen LogP contribution in [0.4, 0.5) is 0 Å². The number of pyridine rings is 2. The molecule has 4 rings (SSSR count). The lowest BCUT2D eigenvalue weighted by atomic mass is 10.1.